The molecule has 3 nitrogen and oxygen atoms in total. The maximum absolute atomic E-state index is 9.72. The van der Waals surface area contributed by atoms with E-state index in [0.717, 1.165) is 45.6 Å². The smallest absolute Gasteiger partial charge is 0.0564 e. The molecule has 0 bridgehead atoms. The van der Waals surface area contributed by atoms with Gasteiger partial charge in [0.05, 0.1) is 6.10 Å². The van der Waals surface area contributed by atoms with Crippen LogP contribution in [0.1, 0.15) is 30.9 Å². The van der Waals surface area contributed by atoms with Crippen molar-refractivity contribution in [2.24, 2.45) is 0 Å². The summed E-state index contributed by atoms with van der Waals surface area (Å²) in [6.45, 7) is 7.34. The number of likely N-dealkylation sites (tertiary alicyclic amines) is 1. The monoisotopic (exact) mass is 338 g/mol. The Morgan fingerprint density at radius 3 is 1.88 bits per heavy atom. The number of rotatable bonds is 7. The lowest BCUT2D eigenvalue weighted by molar-refractivity contribution is 0.0618. The van der Waals surface area contributed by atoms with Crippen LogP contribution in [-0.4, -0.2) is 46.7 Å². The van der Waals surface area contributed by atoms with Crippen LogP contribution in [0, 0.1) is 0 Å². The SMILES string of the molecule is C[C@@H](CN1CCC(O)CC1)N(Cc1ccccc1)Cc1ccccc1. The van der Waals surface area contributed by atoms with E-state index in [0.29, 0.717) is 6.04 Å². The second-order valence-electron chi connectivity index (χ2n) is 7.26. The molecule has 1 heterocycles. The first-order chi connectivity index (χ1) is 12.2. The number of piperidine rings is 1. The number of benzene rings is 2. The fourth-order valence-corrected chi connectivity index (χ4v) is 3.59. The van der Waals surface area contributed by atoms with Crippen LogP contribution in [0.25, 0.3) is 0 Å². The quantitative estimate of drug-likeness (QED) is 0.836. The summed E-state index contributed by atoms with van der Waals surface area (Å²) in [5.74, 6) is 0. The number of hydrogen-bond acceptors (Lipinski definition) is 3. The van der Waals surface area contributed by atoms with Gasteiger partial charge >= 0.3 is 0 Å². The molecule has 2 aromatic rings. The van der Waals surface area contributed by atoms with Crippen LogP contribution in [0.4, 0.5) is 0 Å². The zero-order valence-electron chi connectivity index (χ0n) is 15.2. The van der Waals surface area contributed by atoms with Crippen molar-refractivity contribution in [3.63, 3.8) is 0 Å². The Bertz CT molecular complexity index is 567. The van der Waals surface area contributed by atoms with Crippen LogP contribution in [0.5, 0.6) is 0 Å². The molecule has 0 spiro atoms. The number of aliphatic hydroxyl groups excluding tert-OH is 1. The van der Waals surface area contributed by atoms with E-state index in [1.165, 1.54) is 11.1 Å². The molecule has 0 aliphatic carbocycles. The Hall–Kier alpha value is -1.68. The minimum atomic E-state index is -0.101. The van der Waals surface area contributed by atoms with E-state index in [2.05, 4.69) is 77.4 Å². The van der Waals surface area contributed by atoms with Crippen LogP contribution in [-0.2, 0) is 13.1 Å². The lowest BCUT2D eigenvalue weighted by Gasteiger charge is -2.36. The molecule has 3 rings (SSSR count). The molecule has 1 atom stereocenters. The Kier molecular flexibility index (Phi) is 6.62. The molecule has 0 unspecified atom stereocenters. The third-order valence-electron chi connectivity index (χ3n) is 5.16. The van der Waals surface area contributed by atoms with E-state index in [1.807, 2.05) is 0 Å². The first-order valence-electron chi connectivity index (χ1n) is 9.43. The topological polar surface area (TPSA) is 26.7 Å². The normalized spacial score (nSPS) is 17.7. The van der Waals surface area contributed by atoms with Gasteiger partial charge in [-0.1, -0.05) is 60.7 Å². The molecule has 3 heteroatoms. The first kappa shape index (κ1) is 18.1. The molecule has 0 aromatic heterocycles. The summed E-state index contributed by atoms with van der Waals surface area (Å²) in [4.78, 5) is 5.07. The number of nitrogens with zero attached hydrogens (tertiary/aromatic N) is 2. The second-order valence-corrected chi connectivity index (χ2v) is 7.26. The minimum Gasteiger partial charge on any atom is -0.393 e. The van der Waals surface area contributed by atoms with Crippen LogP contribution in [0.3, 0.4) is 0 Å². The van der Waals surface area contributed by atoms with E-state index >= 15 is 0 Å². The van der Waals surface area contributed by atoms with Crippen molar-refractivity contribution in [2.75, 3.05) is 19.6 Å². The van der Waals surface area contributed by atoms with Gasteiger partial charge < -0.3 is 10.0 Å². The van der Waals surface area contributed by atoms with Gasteiger partial charge in [-0.05, 0) is 30.9 Å². The Morgan fingerprint density at radius 2 is 1.40 bits per heavy atom. The highest BCUT2D eigenvalue weighted by molar-refractivity contribution is 5.17. The molecule has 0 radical (unpaired) electrons. The van der Waals surface area contributed by atoms with E-state index in [4.69, 9.17) is 0 Å². The van der Waals surface area contributed by atoms with Crippen molar-refractivity contribution in [2.45, 2.75) is 45.0 Å². The van der Waals surface area contributed by atoms with E-state index in [1.54, 1.807) is 0 Å². The molecule has 1 fully saturated rings. The van der Waals surface area contributed by atoms with Gasteiger partial charge in [-0.3, -0.25) is 4.90 Å². The molecule has 1 aliphatic heterocycles. The van der Waals surface area contributed by atoms with Crippen LogP contribution < -0.4 is 0 Å². The largest absolute Gasteiger partial charge is 0.393 e. The van der Waals surface area contributed by atoms with Crippen molar-refractivity contribution < 1.29 is 5.11 Å². The summed E-state index contributed by atoms with van der Waals surface area (Å²) in [6, 6.07) is 21.9. The highest BCUT2D eigenvalue weighted by Gasteiger charge is 2.22. The maximum atomic E-state index is 9.72. The van der Waals surface area contributed by atoms with Crippen LogP contribution in [0.15, 0.2) is 60.7 Å². The van der Waals surface area contributed by atoms with Gasteiger partial charge in [-0.15, -0.1) is 0 Å². The average molecular weight is 338 g/mol. The fourth-order valence-electron chi connectivity index (χ4n) is 3.59. The van der Waals surface area contributed by atoms with E-state index in [-0.39, 0.29) is 6.10 Å². The zero-order chi connectivity index (χ0) is 17.5. The van der Waals surface area contributed by atoms with Crippen molar-refractivity contribution in [3.8, 4) is 0 Å². The zero-order valence-corrected chi connectivity index (χ0v) is 15.2. The lowest BCUT2D eigenvalue weighted by Crippen LogP contribution is -2.45. The first-order valence-corrected chi connectivity index (χ1v) is 9.43. The fraction of sp³-hybridized carbons (Fsp3) is 0.455. The van der Waals surface area contributed by atoms with Gasteiger partial charge in [0.15, 0.2) is 0 Å². The van der Waals surface area contributed by atoms with Crippen molar-refractivity contribution in [3.05, 3.63) is 71.8 Å². The Balaban J connectivity index is 1.66. The van der Waals surface area contributed by atoms with Gasteiger partial charge in [0.25, 0.3) is 0 Å². The minimum absolute atomic E-state index is 0.101. The van der Waals surface area contributed by atoms with Crippen molar-refractivity contribution in [1.82, 2.24) is 9.80 Å². The standard InChI is InChI=1S/C22H30N2O/c1-19(16-23-14-12-22(25)13-15-23)24(17-20-8-4-2-5-9-20)18-21-10-6-3-7-11-21/h2-11,19,22,25H,12-18H2,1H3/t19-/m0/s1. The van der Waals surface area contributed by atoms with Gasteiger partial charge in [0, 0.05) is 38.8 Å². The van der Waals surface area contributed by atoms with Gasteiger partial charge in [-0.25, -0.2) is 0 Å². The van der Waals surface area contributed by atoms with Gasteiger partial charge in [0.1, 0.15) is 0 Å². The van der Waals surface area contributed by atoms with Crippen LogP contribution >= 0.6 is 0 Å². The summed E-state index contributed by atoms with van der Waals surface area (Å²) in [6.07, 6.45) is 1.71. The molecule has 1 saturated heterocycles. The molecule has 134 valence electrons. The summed E-state index contributed by atoms with van der Waals surface area (Å²) in [7, 11) is 0. The molecule has 0 amide bonds. The van der Waals surface area contributed by atoms with Gasteiger partial charge in [-0.2, -0.15) is 0 Å². The average Bonchev–Trinajstić information content (AvgIpc) is 2.65. The summed E-state index contributed by atoms with van der Waals surface area (Å²) < 4.78 is 0. The van der Waals surface area contributed by atoms with E-state index < -0.39 is 0 Å². The molecular weight excluding hydrogens is 308 g/mol. The number of aliphatic hydroxyl groups is 1. The molecule has 25 heavy (non-hydrogen) atoms. The van der Waals surface area contributed by atoms with Gasteiger partial charge in [0.2, 0.25) is 0 Å². The van der Waals surface area contributed by atoms with Crippen LogP contribution in [0.2, 0.25) is 0 Å². The molecule has 1 N–H and O–H groups in total. The summed E-state index contributed by atoms with van der Waals surface area (Å²) in [5, 5.41) is 9.72. The molecular formula is C22H30N2O. The Morgan fingerprint density at radius 1 is 0.920 bits per heavy atom. The molecule has 1 aliphatic rings. The van der Waals surface area contributed by atoms with Crippen molar-refractivity contribution in [1.29, 1.82) is 0 Å². The number of hydrogen-bond donors (Lipinski definition) is 1. The van der Waals surface area contributed by atoms with E-state index in [9.17, 15) is 5.11 Å². The maximum Gasteiger partial charge on any atom is 0.0564 e. The highest BCUT2D eigenvalue weighted by Crippen LogP contribution is 2.16. The summed E-state index contributed by atoms with van der Waals surface area (Å²) >= 11 is 0. The third-order valence-corrected chi connectivity index (χ3v) is 5.16. The Labute approximate surface area is 151 Å². The lowest BCUT2D eigenvalue weighted by atomic mass is 10.1. The summed E-state index contributed by atoms with van der Waals surface area (Å²) in [5.41, 5.74) is 2.72. The predicted octanol–water partition coefficient (Wildman–Crippen LogP) is 3.53. The molecule has 2 aromatic carbocycles. The second kappa shape index (κ2) is 9.14. The molecule has 0 saturated carbocycles. The highest BCUT2D eigenvalue weighted by atomic mass is 16.3. The predicted molar refractivity (Wildman–Crippen MR) is 103 cm³/mol. The van der Waals surface area contributed by atoms with Crippen molar-refractivity contribution >= 4 is 0 Å². The third kappa shape index (κ3) is 5.67.